The van der Waals surface area contributed by atoms with Gasteiger partial charge in [-0.2, -0.15) is 0 Å². The third-order valence-corrected chi connectivity index (χ3v) is 6.68. The fourth-order valence-corrected chi connectivity index (χ4v) is 4.89. The first-order chi connectivity index (χ1) is 15.1. The highest BCUT2D eigenvalue weighted by molar-refractivity contribution is 5.75. The first-order valence-corrected chi connectivity index (χ1v) is 11.3. The number of ether oxygens (including phenoxy) is 1. The van der Waals surface area contributed by atoms with Gasteiger partial charge in [-0.15, -0.1) is 0 Å². The molecule has 1 aromatic carbocycles. The summed E-state index contributed by atoms with van der Waals surface area (Å²) in [6.07, 6.45) is 9.91. The number of urea groups is 1. The molecule has 1 saturated carbocycles. The Kier molecular flexibility index (Phi) is 5.26. The molecule has 1 unspecified atom stereocenters. The monoisotopic (exact) mass is 419 g/mol. The number of amides is 2. The van der Waals surface area contributed by atoms with E-state index in [2.05, 4.69) is 35.4 Å². The van der Waals surface area contributed by atoms with Crippen LogP contribution in [0, 0.1) is 5.92 Å². The Morgan fingerprint density at radius 3 is 3.03 bits per heavy atom. The minimum absolute atomic E-state index is 0.00135. The molecule has 0 saturated heterocycles. The minimum Gasteiger partial charge on any atom is -0.472 e. The third-order valence-electron chi connectivity index (χ3n) is 6.68. The molecule has 0 spiro atoms. The fourth-order valence-electron chi connectivity index (χ4n) is 4.89. The van der Waals surface area contributed by atoms with E-state index in [1.165, 1.54) is 0 Å². The molecule has 1 aliphatic carbocycles. The number of hydrogen-bond donors (Lipinski definition) is 1. The fraction of sp³-hybridized carbons (Fsp3) is 0.458. The van der Waals surface area contributed by atoms with Crippen LogP contribution in [-0.2, 0) is 0 Å². The largest absolute Gasteiger partial charge is 0.472 e. The summed E-state index contributed by atoms with van der Waals surface area (Å²) in [6.45, 7) is 5.45. The van der Waals surface area contributed by atoms with Crippen molar-refractivity contribution in [1.82, 2.24) is 24.6 Å². The summed E-state index contributed by atoms with van der Waals surface area (Å²) in [5.74, 6) is 1.15. The maximum atomic E-state index is 12.9. The van der Waals surface area contributed by atoms with Gasteiger partial charge in [0.2, 0.25) is 5.65 Å². The summed E-state index contributed by atoms with van der Waals surface area (Å²) in [5.41, 5.74) is 3.67. The summed E-state index contributed by atoms with van der Waals surface area (Å²) in [6, 6.07) is 8.22. The Balaban J connectivity index is 1.60. The van der Waals surface area contributed by atoms with Crippen LogP contribution >= 0.6 is 0 Å². The van der Waals surface area contributed by atoms with Gasteiger partial charge in [-0.1, -0.05) is 18.2 Å². The van der Waals surface area contributed by atoms with E-state index in [1.807, 2.05) is 34.7 Å². The standard InChI is InChI=1S/C24H29N5O2/c1-3-29-16(2)18-5-4-6-19(14-18)21-15-28-12-11-25-22(28)23(27-21)31-20-8-7-17(13-20)9-10-26-24(29)30/h4-6,11-12,14-17,20H,3,7-10,13H2,1-2H3,(H,26,30)/t16-,17+,20?/m1/s1. The van der Waals surface area contributed by atoms with E-state index in [0.717, 1.165) is 48.2 Å². The second kappa shape index (κ2) is 8.21. The Hall–Kier alpha value is -3.09. The van der Waals surface area contributed by atoms with Gasteiger partial charge in [0, 0.05) is 37.2 Å². The highest BCUT2D eigenvalue weighted by atomic mass is 16.5. The molecular weight excluding hydrogens is 390 g/mol. The first kappa shape index (κ1) is 19.8. The predicted molar refractivity (Wildman–Crippen MR) is 119 cm³/mol. The zero-order valence-electron chi connectivity index (χ0n) is 18.1. The number of carbonyl (C=O) groups excluding carboxylic acids is 1. The van der Waals surface area contributed by atoms with Crippen LogP contribution in [0.3, 0.4) is 0 Å². The Labute approximate surface area is 182 Å². The van der Waals surface area contributed by atoms with Crippen LogP contribution in [0.25, 0.3) is 16.9 Å². The number of hydrogen-bond acceptors (Lipinski definition) is 4. The van der Waals surface area contributed by atoms with Crippen LogP contribution in [0.2, 0.25) is 0 Å². The van der Waals surface area contributed by atoms with Gasteiger partial charge < -0.3 is 19.4 Å². The molecule has 1 aliphatic heterocycles. The lowest BCUT2D eigenvalue weighted by atomic mass is 10.0. The molecule has 2 amide bonds. The van der Waals surface area contributed by atoms with E-state index in [0.29, 0.717) is 24.9 Å². The van der Waals surface area contributed by atoms with Crippen LogP contribution in [0.1, 0.15) is 51.1 Å². The van der Waals surface area contributed by atoms with Crippen LogP contribution < -0.4 is 10.1 Å². The van der Waals surface area contributed by atoms with E-state index >= 15 is 0 Å². The normalized spacial score (nSPS) is 24.1. The van der Waals surface area contributed by atoms with Gasteiger partial charge in [-0.05, 0) is 57.1 Å². The van der Waals surface area contributed by atoms with Gasteiger partial charge in [0.15, 0.2) is 0 Å². The van der Waals surface area contributed by atoms with Crippen molar-refractivity contribution >= 4 is 11.7 Å². The molecule has 2 aromatic heterocycles. The van der Waals surface area contributed by atoms with E-state index in [9.17, 15) is 4.79 Å². The third kappa shape index (κ3) is 3.84. The van der Waals surface area contributed by atoms with Crippen LogP contribution in [0.5, 0.6) is 5.88 Å². The second-order valence-corrected chi connectivity index (χ2v) is 8.62. The average molecular weight is 420 g/mol. The lowest BCUT2D eigenvalue weighted by Gasteiger charge is -2.29. The topological polar surface area (TPSA) is 71.8 Å². The van der Waals surface area contributed by atoms with Gasteiger partial charge in [-0.3, -0.25) is 0 Å². The molecule has 2 aliphatic rings. The van der Waals surface area contributed by atoms with Gasteiger partial charge >= 0.3 is 6.03 Å². The van der Waals surface area contributed by atoms with Crippen LogP contribution in [0.15, 0.2) is 42.9 Å². The SMILES string of the molecule is CCN1C(=O)NCC[C@@H]2CCC(C2)Oc2nc(cn3ccnc23)-c2cccc(c2)[C@H]1C. The van der Waals surface area contributed by atoms with E-state index in [1.54, 1.807) is 6.20 Å². The summed E-state index contributed by atoms with van der Waals surface area (Å²) >= 11 is 0. The van der Waals surface area contributed by atoms with Crippen molar-refractivity contribution in [1.29, 1.82) is 0 Å². The summed E-state index contributed by atoms with van der Waals surface area (Å²) in [4.78, 5) is 24.1. The number of imidazole rings is 1. The zero-order valence-corrected chi connectivity index (χ0v) is 18.1. The van der Waals surface area contributed by atoms with Crippen molar-refractivity contribution < 1.29 is 9.53 Å². The van der Waals surface area contributed by atoms with E-state index < -0.39 is 0 Å². The molecule has 1 fully saturated rings. The van der Waals surface area contributed by atoms with Gasteiger partial charge in [-0.25, -0.2) is 14.8 Å². The quantitative estimate of drug-likeness (QED) is 0.633. The number of fused-ring (bicyclic) bond motifs is 9. The molecule has 3 heterocycles. The molecular formula is C24H29N5O2. The Morgan fingerprint density at radius 2 is 2.16 bits per heavy atom. The van der Waals surface area contributed by atoms with Crippen molar-refractivity contribution in [3.63, 3.8) is 0 Å². The van der Waals surface area contributed by atoms with Crippen LogP contribution in [-0.4, -0.2) is 44.5 Å². The summed E-state index contributed by atoms with van der Waals surface area (Å²) in [5, 5.41) is 3.13. The number of benzene rings is 1. The van der Waals surface area contributed by atoms with E-state index in [-0.39, 0.29) is 18.2 Å². The van der Waals surface area contributed by atoms with Crippen molar-refractivity contribution in [2.45, 2.75) is 51.7 Å². The molecule has 3 aromatic rings. The molecule has 0 radical (unpaired) electrons. The number of aromatic nitrogens is 3. The smallest absolute Gasteiger partial charge is 0.317 e. The molecule has 6 bridgehead atoms. The average Bonchev–Trinajstić information content (AvgIpc) is 3.43. The number of carbonyl (C=O) groups is 1. The maximum Gasteiger partial charge on any atom is 0.317 e. The molecule has 5 rings (SSSR count). The highest BCUT2D eigenvalue weighted by Gasteiger charge is 2.28. The molecule has 1 N–H and O–H groups in total. The lowest BCUT2D eigenvalue weighted by Crippen LogP contribution is -2.42. The maximum absolute atomic E-state index is 12.9. The van der Waals surface area contributed by atoms with Crippen molar-refractivity contribution in [3.8, 4) is 17.1 Å². The minimum atomic E-state index is -0.0404. The number of nitrogens with zero attached hydrogens (tertiary/aromatic N) is 4. The molecule has 3 atom stereocenters. The Morgan fingerprint density at radius 1 is 1.26 bits per heavy atom. The summed E-state index contributed by atoms with van der Waals surface area (Å²) in [7, 11) is 0. The zero-order chi connectivity index (χ0) is 21.4. The summed E-state index contributed by atoms with van der Waals surface area (Å²) < 4.78 is 8.36. The van der Waals surface area contributed by atoms with Gasteiger partial charge in [0.05, 0.1) is 11.7 Å². The lowest BCUT2D eigenvalue weighted by molar-refractivity contribution is 0.181. The van der Waals surface area contributed by atoms with Crippen molar-refractivity contribution in [2.24, 2.45) is 5.92 Å². The Bertz CT molecular complexity index is 1090. The second-order valence-electron chi connectivity index (χ2n) is 8.62. The molecule has 7 nitrogen and oxygen atoms in total. The molecule has 7 heteroatoms. The molecule has 162 valence electrons. The predicted octanol–water partition coefficient (Wildman–Crippen LogP) is 4.44. The highest BCUT2D eigenvalue weighted by Crippen LogP contribution is 2.33. The van der Waals surface area contributed by atoms with Gasteiger partial charge in [0.1, 0.15) is 6.10 Å². The first-order valence-electron chi connectivity index (χ1n) is 11.3. The molecule has 31 heavy (non-hydrogen) atoms. The number of rotatable bonds is 1. The van der Waals surface area contributed by atoms with E-state index in [4.69, 9.17) is 9.72 Å². The van der Waals surface area contributed by atoms with Crippen molar-refractivity contribution in [2.75, 3.05) is 13.1 Å². The van der Waals surface area contributed by atoms with Gasteiger partial charge in [0.25, 0.3) is 5.88 Å². The van der Waals surface area contributed by atoms with Crippen molar-refractivity contribution in [3.05, 3.63) is 48.4 Å². The van der Waals surface area contributed by atoms with Crippen LogP contribution in [0.4, 0.5) is 4.79 Å². The number of nitrogens with one attached hydrogen (secondary N) is 1.